The van der Waals surface area contributed by atoms with Crippen LogP contribution in [0.3, 0.4) is 0 Å². The predicted molar refractivity (Wildman–Crippen MR) is 537 cm³/mol. The summed E-state index contributed by atoms with van der Waals surface area (Å²) in [6.45, 7) is 20.5. The topological polar surface area (TPSA) is 73.3 Å². The minimum Gasteiger partial charge on any atom is -0.456 e. The fourth-order valence-corrected chi connectivity index (χ4v) is 21.1. The molecule has 2 aliphatic heterocycles. The van der Waals surface area contributed by atoms with Crippen molar-refractivity contribution in [1.82, 2.24) is 23.7 Å². The summed E-state index contributed by atoms with van der Waals surface area (Å²) >= 11 is 0. The molecule has 0 bridgehead atoms. The van der Waals surface area contributed by atoms with Crippen molar-refractivity contribution in [3.05, 3.63) is 387 Å². The third kappa shape index (κ3) is 11.6. The second-order valence-electron chi connectivity index (χ2n) is 38.0. The quantitative estimate of drug-likeness (QED) is 0.127. The Labute approximate surface area is 742 Å². The Morgan fingerprint density at radius 1 is 0.250 bits per heavy atom. The van der Waals surface area contributed by atoms with E-state index in [1.165, 1.54) is 32.9 Å². The lowest BCUT2D eigenvalue weighted by Gasteiger charge is -2.45. The SMILES string of the molecule is CC(C)(C)c1cccc(-c2cc3c4c(c2)N(c2ccccc2-c2ccccc2)c2ccc(-c5cc(-n6c7ccc(C(C)(C)C)cc7c7cc(C(C)(C)C)ccc76)cc(-n6c7ccccc7c7ccc8oc9ccccc9c8c76)n5)cc2B4c2cc(-c4cccc(-n5c6ccccc6c6ccc7oc8ccccc8c7c65)n4)ccc2N3c2ccccc2-c2ccccc2)c1. The number of para-hydroxylation sites is 6. The first-order valence-corrected chi connectivity index (χ1v) is 44.6. The van der Waals surface area contributed by atoms with E-state index in [1.54, 1.807) is 0 Å². The number of anilines is 6. The van der Waals surface area contributed by atoms with Gasteiger partial charge >= 0.3 is 0 Å². The Morgan fingerprint density at radius 2 is 0.688 bits per heavy atom. The monoisotopic (exact) mass is 1650 g/mol. The lowest BCUT2D eigenvalue weighted by Crippen LogP contribution is -2.61. The fourth-order valence-electron chi connectivity index (χ4n) is 21.1. The average Bonchev–Trinajstić information content (AvgIpc) is 1.46. The molecule has 0 amide bonds. The van der Waals surface area contributed by atoms with Crippen molar-refractivity contribution >= 4 is 167 Å². The van der Waals surface area contributed by atoms with Crippen LogP contribution in [-0.2, 0) is 16.2 Å². The van der Waals surface area contributed by atoms with E-state index in [0.717, 1.165) is 217 Å². The third-order valence-electron chi connectivity index (χ3n) is 27.3. The van der Waals surface area contributed by atoms with Crippen LogP contribution in [0.5, 0.6) is 0 Å². The minimum atomic E-state index is -0.405. The first-order chi connectivity index (χ1) is 62.4. The van der Waals surface area contributed by atoms with Crippen molar-refractivity contribution in [1.29, 1.82) is 0 Å². The van der Waals surface area contributed by atoms with Gasteiger partial charge in [-0.05, 0) is 210 Å². The van der Waals surface area contributed by atoms with Gasteiger partial charge in [0.1, 0.15) is 34.0 Å². The third-order valence-corrected chi connectivity index (χ3v) is 27.3. The number of fused-ring (bicyclic) bond motifs is 21. The molecular weight excluding hydrogens is 1560 g/mol. The van der Waals surface area contributed by atoms with Crippen LogP contribution in [0.25, 0.3) is 183 Å². The Bertz CT molecular complexity index is 8520. The van der Waals surface area contributed by atoms with Crippen LogP contribution in [0, 0.1) is 0 Å². The molecule has 0 atom stereocenters. The first-order valence-electron chi connectivity index (χ1n) is 44.6. The molecule has 9 heterocycles. The van der Waals surface area contributed by atoms with Crippen LogP contribution in [-0.4, -0.2) is 30.4 Å². The maximum atomic E-state index is 6.85. The van der Waals surface area contributed by atoms with Gasteiger partial charge in [0.15, 0.2) is 0 Å². The van der Waals surface area contributed by atoms with Crippen LogP contribution >= 0.6 is 0 Å². The molecule has 25 rings (SSSR count). The van der Waals surface area contributed by atoms with E-state index in [1.807, 2.05) is 0 Å². The summed E-state index contributed by atoms with van der Waals surface area (Å²) in [7, 11) is 0. The zero-order valence-corrected chi connectivity index (χ0v) is 72.7. The largest absolute Gasteiger partial charge is 0.456 e. The number of aromatic nitrogens is 5. The van der Waals surface area contributed by atoms with Crippen molar-refractivity contribution in [2.24, 2.45) is 0 Å². The van der Waals surface area contributed by atoms with Crippen molar-refractivity contribution in [2.45, 2.75) is 78.6 Å². The number of hydrogen-bond acceptors (Lipinski definition) is 6. The molecule has 10 heteroatoms. The van der Waals surface area contributed by atoms with Crippen LogP contribution in [0.15, 0.2) is 379 Å². The Balaban J connectivity index is 0.797. The van der Waals surface area contributed by atoms with Crippen molar-refractivity contribution in [3.8, 4) is 73.2 Å². The molecule has 0 aliphatic carbocycles. The number of rotatable bonds is 10. The Kier molecular flexibility index (Phi) is 16.4. The zero-order chi connectivity index (χ0) is 85.9. The van der Waals surface area contributed by atoms with Gasteiger partial charge < -0.3 is 23.2 Å². The van der Waals surface area contributed by atoms with Gasteiger partial charge in [-0.25, -0.2) is 9.97 Å². The smallest absolute Gasteiger partial charge is 0.252 e. The van der Waals surface area contributed by atoms with Crippen molar-refractivity contribution in [3.63, 3.8) is 0 Å². The van der Waals surface area contributed by atoms with Crippen LogP contribution in [0.1, 0.15) is 79.0 Å². The molecule has 0 radical (unpaired) electrons. The highest BCUT2D eigenvalue weighted by atomic mass is 16.3. The summed E-state index contributed by atoms with van der Waals surface area (Å²) in [5.41, 5.74) is 34.3. The van der Waals surface area contributed by atoms with E-state index in [2.05, 4.69) is 456 Å². The molecule has 0 spiro atoms. The summed E-state index contributed by atoms with van der Waals surface area (Å²) in [6, 6.07) is 137. The molecule has 0 N–H and O–H groups in total. The lowest BCUT2D eigenvalue weighted by molar-refractivity contribution is 0.590. The first kappa shape index (κ1) is 75.1. The molecule has 16 aromatic carbocycles. The summed E-state index contributed by atoms with van der Waals surface area (Å²) in [4.78, 5) is 17.3. The van der Waals surface area contributed by atoms with Crippen molar-refractivity contribution in [2.75, 3.05) is 9.80 Å². The van der Waals surface area contributed by atoms with Gasteiger partial charge in [-0.2, -0.15) is 0 Å². The predicted octanol–water partition coefficient (Wildman–Crippen LogP) is 29.9. The normalized spacial score (nSPS) is 13.0. The minimum absolute atomic E-state index is 0.111. The molecular formula is C118H88BN7O2. The summed E-state index contributed by atoms with van der Waals surface area (Å²) in [6.07, 6.45) is 0. The van der Waals surface area contributed by atoms with Gasteiger partial charge in [0.25, 0.3) is 6.71 Å². The van der Waals surface area contributed by atoms with E-state index in [-0.39, 0.29) is 16.2 Å². The molecule has 610 valence electrons. The van der Waals surface area contributed by atoms with Gasteiger partial charge in [-0.3, -0.25) is 9.13 Å². The highest BCUT2D eigenvalue weighted by Crippen LogP contribution is 2.53. The highest BCUT2D eigenvalue weighted by Gasteiger charge is 2.46. The Morgan fingerprint density at radius 3 is 1.22 bits per heavy atom. The standard InChI is InChI=1S/C118H88BN7O2/c1-116(2,3)77-35-28-34-73(62-77)76-65-103-113-104(66-76)124(96-44-23-17-37-82(96)72-32-14-11-15-33-72)102-57-51-75(94-69-80(122-99-58-52-78(117(4,5)6)67-89(99)90-68-79(118(7,8)9)53-59-100(90)122)70-110(121-94)126-98-46-25-19-39-84(98)86-55-61-108-112(115(86)126)88-41-21-27-48-106(88)128-108)64-92(102)119(113)91-63-74(50-56-101(91)123(103)95-43-22-16-36-81(95)71-30-12-10-13-31-71)93-42-29-49-109(120-93)125-97-45-24-18-38-83(97)85-54-60-107-111(114(85)125)87-40-20-26-47-105(87)127-107/h10-70H,1-9H3. The molecule has 0 fully saturated rings. The number of furan rings is 2. The van der Waals surface area contributed by atoms with Gasteiger partial charge in [-0.1, -0.05) is 299 Å². The molecule has 9 nitrogen and oxygen atoms in total. The summed E-state index contributed by atoms with van der Waals surface area (Å²) in [5, 5.41) is 11.2. The highest BCUT2D eigenvalue weighted by molar-refractivity contribution is 7.00. The van der Waals surface area contributed by atoms with E-state index in [0.29, 0.717) is 0 Å². The number of benzene rings is 16. The van der Waals surface area contributed by atoms with Gasteiger partial charge in [0, 0.05) is 83.0 Å². The number of hydrogen-bond donors (Lipinski definition) is 0. The van der Waals surface area contributed by atoms with Crippen LogP contribution in [0.4, 0.5) is 34.1 Å². The summed E-state index contributed by atoms with van der Waals surface area (Å²) < 4.78 is 20.8. The van der Waals surface area contributed by atoms with Gasteiger partial charge in [-0.15, -0.1) is 0 Å². The maximum Gasteiger partial charge on any atom is 0.252 e. The molecule has 23 aromatic rings. The molecule has 0 saturated carbocycles. The second kappa shape index (κ2) is 28.0. The van der Waals surface area contributed by atoms with Crippen LogP contribution < -0.4 is 26.2 Å². The maximum absolute atomic E-state index is 6.85. The Hall–Kier alpha value is -15.5. The van der Waals surface area contributed by atoms with E-state index >= 15 is 0 Å². The molecule has 0 saturated heterocycles. The molecule has 0 unspecified atom stereocenters. The zero-order valence-electron chi connectivity index (χ0n) is 72.7. The second-order valence-corrected chi connectivity index (χ2v) is 38.0. The number of nitrogens with zero attached hydrogens (tertiary/aromatic N) is 7. The number of pyridine rings is 2. The average molecular weight is 1650 g/mol. The van der Waals surface area contributed by atoms with E-state index < -0.39 is 6.71 Å². The van der Waals surface area contributed by atoms with Gasteiger partial charge in [0.05, 0.1) is 72.3 Å². The lowest BCUT2D eigenvalue weighted by atomic mass is 9.33. The van der Waals surface area contributed by atoms with E-state index in [4.69, 9.17) is 18.8 Å². The van der Waals surface area contributed by atoms with E-state index in [9.17, 15) is 0 Å². The molecule has 7 aromatic heterocycles. The molecule has 2 aliphatic rings. The van der Waals surface area contributed by atoms with Crippen LogP contribution in [0.2, 0.25) is 0 Å². The summed E-state index contributed by atoms with van der Waals surface area (Å²) in [5.74, 6) is 1.58. The molecule has 128 heavy (non-hydrogen) atoms. The fraction of sp³-hybridized carbons (Fsp3) is 0.102. The van der Waals surface area contributed by atoms with Gasteiger partial charge in [0.2, 0.25) is 0 Å². The van der Waals surface area contributed by atoms with Crippen molar-refractivity contribution < 1.29 is 8.83 Å².